The lowest BCUT2D eigenvalue weighted by Crippen LogP contribution is -2.48. The molecular weight excluding hydrogens is 517 g/mol. The van der Waals surface area contributed by atoms with E-state index in [9.17, 15) is 4.79 Å². The minimum atomic E-state index is 0. The van der Waals surface area contributed by atoms with Gasteiger partial charge in [-0.3, -0.25) is 4.79 Å². The van der Waals surface area contributed by atoms with Gasteiger partial charge in [-0.2, -0.15) is 0 Å². The van der Waals surface area contributed by atoms with Crippen LogP contribution in [0.3, 0.4) is 0 Å². The number of piperidine rings is 1. The van der Waals surface area contributed by atoms with Gasteiger partial charge in [-0.1, -0.05) is 18.6 Å². The molecule has 2 N–H and O–H groups in total. The number of ether oxygens (including phenoxy) is 1. The number of carbonyl (C=O) groups is 1. The van der Waals surface area contributed by atoms with E-state index < -0.39 is 0 Å². The van der Waals surface area contributed by atoms with E-state index in [1.165, 1.54) is 32.4 Å². The molecule has 8 heteroatoms. The highest BCUT2D eigenvalue weighted by Gasteiger charge is 2.26. The molecule has 0 bridgehead atoms. The van der Waals surface area contributed by atoms with E-state index in [1.807, 2.05) is 43.0 Å². The minimum absolute atomic E-state index is 0. The number of guanidine groups is 1. The Morgan fingerprint density at radius 1 is 1.06 bits per heavy atom. The summed E-state index contributed by atoms with van der Waals surface area (Å²) in [6.45, 7) is 13.2. The van der Waals surface area contributed by atoms with E-state index in [1.54, 1.807) is 0 Å². The fourth-order valence-electron chi connectivity index (χ4n) is 4.31. The van der Waals surface area contributed by atoms with Crippen molar-refractivity contribution in [2.45, 2.75) is 58.8 Å². The first-order chi connectivity index (χ1) is 15.0. The molecular formula is C24H40IN5O2. The molecule has 2 unspecified atom stereocenters. The van der Waals surface area contributed by atoms with Crippen molar-refractivity contribution in [3.8, 4) is 0 Å². The first-order valence-electron chi connectivity index (χ1n) is 11.8. The summed E-state index contributed by atoms with van der Waals surface area (Å²) in [4.78, 5) is 21.9. The number of amides is 1. The maximum Gasteiger partial charge on any atom is 0.254 e. The Balaban J connectivity index is 0.00000363. The van der Waals surface area contributed by atoms with E-state index in [2.05, 4.69) is 22.5 Å². The molecule has 0 aromatic heterocycles. The zero-order valence-corrected chi connectivity index (χ0v) is 22.1. The second-order valence-electron chi connectivity index (χ2n) is 8.69. The molecule has 32 heavy (non-hydrogen) atoms. The molecule has 2 aliphatic heterocycles. The van der Waals surface area contributed by atoms with E-state index >= 15 is 0 Å². The molecule has 2 saturated heterocycles. The second kappa shape index (κ2) is 14.0. The van der Waals surface area contributed by atoms with Crippen molar-refractivity contribution in [3.63, 3.8) is 0 Å². The Kier molecular flexibility index (Phi) is 11.7. The van der Waals surface area contributed by atoms with Crippen LogP contribution in [0.2, 0.25) is 0 Å². The summed E-state index contributed by atoms with van der Waals surface area (Å²) >= 11 is 0. The Bertz CT molecular complexity index is 712. The van der Waals surface area contributed by atoms with Crippen LogP contribution in [-0.4, -0.2) is 79.7 Å². The molecule has 1 aromatic carbocycles. The van der Waals surface area contributed by atoms with Crippen molar-refractivity contribution in [1.82, 2.24) is 20.4 Å². The molecule has 0 saturated carbocycles. The maximum absolute atomic E-state index is 12.8. The normalized spacial score (nSPS) is 22.2. The van der Waals surface area contributed by atoms with E-state index in [-0.39, 0.29) is 42.1 Å². The van der Waals surface area contributed by atoms with Crippen LogP contribution in [0.25, 0.3) is 0 Å². The van der Waals surface area contributed by atoms with Crippen LogP contribution in [0.5, 0.6) is 0 Å². The summed E-state index contributed by atoms with van der Waals surface area (Å²) in [7, 11) is 0. The van der Waals surface area contributed by atoms with Gasteiger partial charge in [-0.05, 0) is 64.4 Å². The van der Waals surface area contributed by atoms with Gasteiger partial charge in [0.05, 0.1) is 18.8 Å². The Morgan fingerprint density at radius 2 is 1.72 bits per heavy atom. The monoisotopic (exact) mass is 557 g/mol. The van der Waals surface area contributed by atoms with Gasteiger partial charge in [-0.15, -0.1) is 24.0 Å². The maximum atomic E-state index is 12.8. The molecule has 2 heterocycles. The van der Waals surface area contributed by atoms with Crippen LogP contribution in [0.15, 0.2) is 29.3 Å². The predicted molar refractivity (Wildman–Crippen MR) is 141 cm³/mol. The van der Waals surface area contributed by atoms with Gasteiger partial charge in [0.1, 0.15) is 0 Å². The summed E-state index contributed by atoms with van der Waals surface area (Å²) < 4.78 is 5.73. The third-order valence-electron chi connectivity index (χ3n) is 5.84. The average Bonchev–Trinajstić information content (AvgIpc) is 2.77. The summed E-state index contributed by atoms with van der Waals surface area (Å²) in [5.74, 6) is 0.917. The number of morpholine rings is 1. The Labute approximate surface area is 210 Å². The topological polar surface area (TPSA) is 69.2 Å². The molecule has 0 spiro atoms. The molecule has 180 valence electrons. The number of hydrogen-bond acceptors (Lipinski definition) is 4. The quantitative estimate of drug-likeness (QED) is 0.307. The molecule has 2 fully saturated rings. The van der Waals surface area contributed by atoms with Gasteiger partial charge in [0, 0.05) is 38.3 Å². The van der Waals surface area contributed by atoms with Crippen LogP contribution in [0, 0.1) is 0 Å². The number of nitrogens with one attached hydrogen (secondary N) is 2. The molecule has 0 radical (unpaired) electrons. The number of carbonyl (C=O) groups excluding carboxylic acids is 1. The average molecular weight is 558 g/mol. The first kappa shape index (κ1) is 26.9. The van der Waals surface area contributed by atoms with E-state index in [0.29, 0.717) is 19.6 Å². The minimum Gasteiger partial charge on any atom is -0.372 e. The van der Waals surface area contributed by atoms with Gasteiger partial charge < -0.3 is 25.2 Å². The molecule has 1 aromatic rings. The molecule has 1 amide bonds. The summed E-state index contributed by atoms with van der Waals surface area (Å²) in [5, 5.41) is 6.76. The lowest BCUT2D eigenvalue weighted by Gasteiger charge is -2.35. The molecule has 0 aliphatic carbocycles. The van der Waals surface area contributed by atoms with Crippen molar-refractivity contribution >= 4 is 35.8 Å². The standard InChI is InChI=1S/C24H39N5O2.HI/c1-4-25-24(26-12-15-28-13-6-5-7-14-28)27-16-21-8-10-22(11-9-21)23(30)29-17-19(2)31-20(3)18-29;/h8-11,19-20H,4-7,12-18H2,1-3H3,(H2,25,26,27);1H. The highest BCUT2D eigenvalue weighted by Crippen LogP contribution is 2.15. The number of aliphatic imine (C=N–C) groups is 1. The SMILES string of the molecule is CCNC(=NCc1ccc(C(=O)N2CC(C)OC(C)C2)cc1)NCCN1CCCCC1.I. The van der Waals surface area contributed by atoms with Crippen molar-refractivity contribution < 1.29 is 9.53 Å². The lowest BCUT2D eigenvalue weighted by atomic mass is 10.1. The summed E-state index contributed by atoms with van der Waals surface area (Å²) in [5.41, 5.74) is 1.81. The smallest absolute Gasteiger partial charge is 0.254 e. The number of rotatable bonds is 7. The highest BCUT2D eigenvalue weighted by atomic mass is 127. The van der Waals surface area contributed by atoms with Crippen molar-refractivity contribution in [2.75, 3.05) is 45.8 Å². The molecule has 3 rings (SSSR count). The van der Waals surface area contributed by atoms with Crippen LogP contribution in [0.4, 0.5) is 0 Å². The van der Waals surface area contributed by atoms with Crippen LogP contribution in [-0.2, 0) is 11.3 Å². The van der Waals surface area contributed by atoms with Crippen LogP contribution in [0.1, 0.15) is 56.0 Å². The van der Waals surface area contributed by atoms with Crippen LogP contribution >= 0.6 is 24.0 Å². The van der Waals surface area contributed by atoms with Gasteiger partial charge in [0.25, 0.3) is 5.91 Å². The number of halogens is 1. The zero-order chi connectivity index (χ0) is 22.1. The van der Waals surface area contributed by atoms with Gasteiger partial charge in [0.15, 0.2) is 5.96 Å². The molecule has 7 nitrogen and oxygen atoms in total. The number of nitrogens with zero attached hydrogens (tertiary/aromatic N) is 3. The lowest BCUT2D eigenvalue weighted by molar-refractivity contribution is -0.0586. The van der Waals surface area contributed by atoms with Gasteiger partial charge >= 0.3 is 0 Å². The molecule has 2 atom stereocenters. The van der Waals surface area contributed by atoms with Gasteiger partial charge in [0.2, 0.25) is 0 Å². The predicted octanol–water partition coefficient (Wildman–Crippen LogP) is 3.10. The number of benzene rings is 1. The molecule has 2 aliphatic rings. The fourth-order valence-corrected chi connectivity index (χ4v) is 4.31. The van der Waals surface area contributed by atoms with Crippen molar-refractivity contribution in [1.29, 1.82) is 0 Å². The van der Waals surface area contributed by atoms with Crippen molar-refractivity contribution in [3.05, 3.63) is 35.4 Å². The van der Waals surface area contributed by atoms with E-state index in [4.69, 9.17) is 9.73 Å². The van der Waals surface area contributed by atoms with Crippen molar-refractivity contribution in [2.24, 2.45) is 4.99 Å². The Hall–Kier alpha value is -1.39. The summed E-state index contributed by atoms with van der Waals surface area (Å²) in [6.07, 6.45) is 4.15. The third kappa shape index (κ3) is 8.51. The number of hydrogen-bond donors (Lipinski definition) is 2. The largest absolute Gasteiger partial charge is 0.372 e. The highest BCUT2D eigenvalue weighted by molar-refractivity contribution is 14.0. The summed E-state index contributed by atoms with van der Waals surface area (Å²) in [6, 6.07) is 7.83. The Morgan fingerprint density at radius 3 is 2.34 bits per heavy atom. The van der Waals surface area contributed by atoms with E-state index in [0.717, 1.165) is 36.7 Å². The second-order valence-corrected chi connectivity index (χ2v) is 8.69. The first-order valence-corrected chi connectivity index (χ1v) is 11.8. The fraction of sp³-hybridized carbons (Fsp3) is 0.667. The third-order valence-corrected chi connectivity index (χ3v) is 5.84. The van der Waals surface area contributed by atoms with Crippen LogP contribution < -0.4 is 10.6 Å². The van der Waals surface area contributed by atoms with Gasteiger partial charge in [-0.25, -0.2) is 4.99 Å². The zero-order valence-electron chi connectivity index (χ0n) is 19.8. The number of likely N-dealkylation sites (tertiary alicyclic amines) is 1.